The van der Waals surface area contributed by atoms with Crippen LogP contribution in [0, 0.1) is 6.92 Å². The highest BCUT2D eigenvalue weighted by Gasteiger charge is 2.48. The summed E-state index contributed by atoms with van der Waals surface area (Å²) in [7, 11) is 1.52. The molecule has 1 N–H and O–H groups in total. The van der Waals surface area contributed by atoms with E-state index in [1.54, 1.807) is 61.5 Å². The van der Waals surface area contributed by atoms with Gasteiger partial charge in [0, 0.05) is 12.5 Å². The predicted molar refractivity (Wildman–Crippen MR) is 137 cm³/mol. The molecule has 1 aromatic heterocycles. The number of hydrogen-bond acceptors (Lipinski definition) is 8. The molecule has 1 amide bonds. The Kier molecular flexibility index (Phi) is 7.03. The Hall–Kier alpha value is -4.24. The van der Waals surface area contributed by atoms with Gasteiger partial charge in [-0.2, -0.15) is 0 Å². The summed E-state index contributed by atoms with van der Waals surface area (Å²) in [6.45, 7) is 7.04. The molecule has 1 aliphatic heterocycles. The monoisotopic (exact) mass is 504 g/mol. The number of ether oxygens (including phenoxy) is 2. The summed E-state index contributed by atoms with van der Waals surface area (Å²) in [6.07, 6.45) is 1.62. The van der Waals surface area contributed by atoms with E-state index >= 15 is 0 Å². The second kappa shape index (κ2) is 10.2. The number of aliphatic hydroxyl groups is 1. The van der Waals surface area contributed by atoms with Crippen molar-refractivity contribution in [2.24, 2.45) is 0 Å². The highest BCUT2D eigenvalue weighted by molar-refractivity contribution is 7.18. The van der Waals surface area contributed by atoms with Crippen molar-refractivity contribution in [1.29, 1.82) is 0 Å². The van der Waals surface area contributed by atoms with Crippen LogP contribution < -0.4 is 14.4 Å². The topological polar surface area (TPSA) is 106 Å². The number of ketones is 2. The van der Waals surface area contributed by atoms with Gasteiger partial charge in [-0.15, -0.1) is 0 Å². The first-order valence-electron chi connectivity index (χ1n) is 11.0. The molecule has 1 fully saturated rings. The van der Waals surface area contributed by atoms with Crippen LogP contribution >= 0.6 is 11.3 Å². The third-order valence-corrected chi connectivity index (χ3v) is 6.94. The average Bonchev–Trinajstić information content (AvgIpc) is 3.39. The van der Waals surface area contributed by atoms with Gasteiger partial charge < -0.3 is 14.6 Å². The Labute approximate surface area is 212 Å². The molecule has 0 aliphatic carbocycles. The zero-order valence-corrected chi connectivity index (χ0v) is 20.8. The second-order valence-electron chi connectivity index (χ2n) is 8.03. The van der Waals surface area contributed by atoms with Gasteiger partial charge >= 0.3 is 5.91 Å². The molecule has 2 heterocycles. The Bertz CT molecular complexity index is 1370. The number of carbonyl (C=O) groups is 3. The summed E-state index contributed by atoms with van der Waals surface area (Å²) in [5.74, 6) is -1.05. The average molecular weight is 505 g/mol. The lowest BCUT2D eigenvalue weighted by atomic mass is 9.95. The summed E-state index contributed by atoms with van der Waals surface area (Å²) in [5, 5.41) is 11.4. The fourth-order valence-electron chi connectivity index (χ4n) is 3.96. The Morgan fingerprint density at radius 2 is 1.78 bits per heavy atom. The minimum Gasteiger partial charge on any atom is -0.507 e. The maximum absolute atomic E-state index is 13.3. The van der Waals surface area contributed by atoms with Crippen LogP contribution in [-0.2, 0) is 9.59 Å². The van der Waals surface area contributed by atoms with Crippen molar-refractivity contribution < 1.29 is 29.0 Å². The molecule has 0 radical (unpaired) electrons. The van der Waals surface area contributed by atoms with E-state index in [0.29, 0.717) is 39.8 Å². The van der Waals surface area contributed by atoms with Gasteiger partial charge in [-0.05, 0) is 48.9 Å². The predicted octanol–water partition coefficient (Wildman–Crippen LogP) is 4.85. The van der Waals surface area contributed by atoms with Crippen LogP contribution in [0.1, 0.15) is 39.5 Å². The van der Waals surface area contributed by atoms with E-state index in [1.807, 2.05) is 0 Å². The van der Waals surface area contributed by atoms with Crippen LogP contribution in [0.2, 0.25) is 0 Å². The Morgan fingerprint density at radius 1 is 1.14 bits per heavy atom. The minimum absolute atomic E-state index is 0.0813. The van der Waals surface area contributed by atoms with Crippen LogP contribution in [0.5, 0.6) is 11.5 Å². The molecule has 1 unspecified atom stereocenters. The molecular weight excluding hydrogens is 480 g/mol. The van der Waals surface area contributed by atoms with Crippen molar-refractivity contribution >= 4 is 39.7 Å². The van der Waals surface area contributed by atoms with Crippen molar-refractivity contribution in [1.82, 2.24) is 4.98 Å². The van der Waals surface area contributed by atoms with Gasteiger partial charge in [-0.3, -0.25) is 19.3 Å². The molecule has 36 heavy (non-hydrogen) atoms. The number of aryl methyl sites for hydroxylation is 1. The molecule has 4 rings (SSSR count). The van der Waals surface area contributed by atoms with Crippen molar-refractivity contribution in [3.8, 4) is 11.5 Å². The summed E-state index contributed by atoms with van der Waals surface area (Å²) in [6, 6.07) is 12.4. The van der Waals surface area contributed by atoms with Crippen molar-refractivity contribution in [2.45, 2.75) is 19.9 Å². The lowest BCUT2D eigenvalue weighted by Gasteiger charge is -2.23. The molecule has 1 saturated heterocycles. The first-order chi connectivity index (χ1) is 17.3. The van der Waals surface area contributed by atoms with Gasteiger partial charge in [-0.25, -0.2) is 4.98 Å². The standard InChI is InChI=1S/C27H24N2O6S/c1-5-14-35-20-12-6-17(7-13-20)22-21(23(31)18-8-10-19(34-4)11-9-18)24(32)26(33)29(22)27-28-15(2)25(36-27)16(3)30/h5-13,22,31H,1,14H2,2-4H3/b23-21+. The van der Waals surface area contributed by atoms with E-state index in [1.165, 1.54) is 18.9 Å². The van der Waals surface area contributed by atoms with Gasteiger partial charge in [0.05, 0.1) is 29.3 Å². The van der Waals surface area contributed by atoms with Gasteiger partial charge in [0.15, 0.2) is 10.9 Å². The van der Waals surface area contributed by atoms with Crippen LogP contribution in [0.25, 0.3) is 5.76 Å². The van der Waals surface area contributed by atoms with Gasteiger partial charge in [0.1, 0.15) is 23.9 Å². The number of aromatic nitrogens is 1. The Morgan fingerprint density at radius 3 is 2.33 bits per heavy atom. The van der Waals surface area contributed by atoms with E-state index in [2.05, 4.69) is 11.6 Å². The number of methoxy groups -OCH3 is 1. The van der Waals surface area contributed by atoms with Gasteiger partial charge in [-0.1, -0.05) is 36.1 Å². The smallest absolute Gasteiger partial charge is 0.301 e. The quantitative estimate of drug-likeness (QED) is 0.154. The lowest BCUT2D eigenvalue weighted by Crippen LogP contribution is -2.29. The first kappa shape index (κ1) is 24.9. The molecule has 0 saturated carbocycles. The van der Waals surface area contributed by atoms with Crippen LogP contribution in [0.3, 0.4) is 0 Å². The molecule has 2 aromatic carbocycles. The molecule has 1 aliphatic rings. The molecule has 0 spiro atoms. The zero-order chi connectivity index (χ0) is 26.0. The molecule has 3 aromatic rings. The van der Waals surface area contributed by atoms with E-state index in [4.69, 9.17) is 9.47 Å². The van der Waals surface area contributed by atoms with Crippen molar-refractivity contribution in [2.75, 3.05) is 18.6 Å². The third-order valence-electron chi connectivity index (χ3n) is 5.68. The largest absolute Gasteiger partial charge is 0.507 e. The van der Waals surface area contributed by atoms with E-state index in [0.717, 1.165) is 11.3 Å². The number of Topliss-reactive ketones (excluding diaryl/α,β-unsaturated/α-hetero) is 2. The van der Waals surface area contributed by atoms with E-state index < -0.39 is 17.7 Å². The number of amides is 1. The third kappa shape index (κ3) is 4.52. The zero-order valence-electron chi connectivity index (χ0n) is 20.0. The Balaban J connectivity index is 1.88. The molecule has 0 bridgehead atoms. The molecule has 8 nitrogen and oxygen atoms in total. The maximum Gasteiger partial charge on any atom is 0.301 e. The highest BCUT2D eigenvalue weighted by atomic mass is 32.1. The molecule has 9 heteroatoms. The van der Waals surface area contributed by atoms with Crippen LogP contribution in [0.4, 0.5) is 5.13 Å². The van der Waals surface area contributed by atoms with Gasteiger partial charge in [0.25, 0.3) is 5.78 Å². The SMILES string of the molecule is C=CCOc1ccc(C2/C(=C(\O)c3ccc(OC)cc3)C(=O)C(=O)N2c2nc(C)c(C(C)=O)s2)cc1. The summed E-state index contributed by atoms with van der Waals surface area (Å²) in [5.41, 5.74) is 1.30. The van der Waals surface area contributed by atoms with Gasteiger partial charge in [0.2, 0.25) is 0 Å². The normalized spacial score (nSPS) is 16.8. The summed E-state index contributed by atoms with van der Waals surface area (Å²) >= 11 is 1.03. The number of benzene rings is 2. The van der Waals surface area contributed by atoms with Crippen molar-refractivity contribution in [3.05, 3.63) is 88.5 Å². The maximum atomic E-state index is 13.3. The second-order valence-corrected chi connectivity index (χ2v) is 9.01. The fraction of sp³-hybridized carbons (Fsp3) is 0.185. The molecular formula is C27H24N2O6S. The fourth-order valence-corrected chi connectivity index (χ4v) is 4.95. The first-order valence-corrected chi connectivity index (χ1v) is 11.9. The summed E-state index contributed by atoms with van der Waals surface area (Å²) in [4.78, 5) is 44.7. The van der Waals surface area contributed by atoms with E-state index in [9.17, 15) is 19.5 Å². The van der Waals surface area contributed by atoms with Crippen molar-refractivity contribution in [3.63, 3.8) is 0 Å². The van der Waals surface area contributed by atoms with Crippen LogP contribution in [0.15, 0.2) is 66.8 Å². The molecule has 1 atom stereocenters. The number of aliphatic hydroxyl groups excluding tert-OH is 1. The van der Waals surface area contributed by atoms with E-state index in [-0.39, 0.29) is 22.2 Å². The highest BCUT2D eigenvalue weighted by Crippen LogP contribution is 2.44. The summed E-state index contributed by atoms with van der Waals surface area (Å²) < 4.78 is 10.7. The number of hydrogen-bond donors (Lipinski definition) is 1. The number of thiazole rings is 1. The van der Waals surface area contributed by atoms with Crippen LogP contribution in [-0.4, -0.2) is 41.3 Å². The minimum atomic E-state index is -0.967. The number of carbonyl (C=O) groups excluding carboxylic acids is 3. The number of anilines is 1. The molecule has 184 valence electrons. The number of nitrogens with zero attached hydrogens (tertiary/aromatic N) is 2. The lowest BCUT2D eigenvalue weighted by molar-refractivity contribution is -0.132. The number of rotatable bonds is 8.